The third kappa shape index (κ3) is 1.92. The van der Waals surface area contributed by atoms with Gasteiger partial charge in [0, 0.05) is 24.4 Å². The lowest BCUT2D eigenvalue weighted by molar-refractivity contribution is 0.408. The molecule has 84 valence electrons. The minimum absolute atomic E-state index is 0.204. The standard InChI is InChI=1S/C12H15N3O/c1-15-8-9(7-14-15)12(13)10-5-3-4-6-11(10)16-2/h3-8,12H,13H2,1-2H3. The monoisotopic (exact) mass is 217 g/mol. The number of nitrogens with two attached hydrogens (primary N) is 1. The first-order valence-corrected chi connectivity index (χ1v) is 5.09. The molecule has 0 aliphatic rings. The zero-order chi connectivity index (χ0) is 11.5. The average Bonchev–Trinajstić information content (AvgIpc) is 2.75. The Labute approximate surface area is 94.6 Å². The molecule has 0 bridgehead atoms. The lowest BCUT2D eigenvalue weighted by Gasteiger charge is -2.13. The van der Waals surface area contributed by atoms with E-state index >= 15 is 0 Å². The Bertz CT molecular complexity index is 479. The Morgan fingerprint density at radius 1 is 1.38 bits per heavy atom. The van der Waals surface area contributed by atoms with E-state index in [0.29, 0.717) is 0 Å². The van der Waals surface area contributed by atoms with Gasteiger partial charge in [-0.1, -0.05) is 18.2 Å². The predicted octanol–water partition coefficient (Wildman–Crippen LogP) is 1.48. The third-order valence-electron chi connectivity index (χ3n) is 2.56. The number of hydrogen-bond donors (Lipinski definition) is 1. The van der Waals surface area contributed by atoms with Crippen molar-refractivity contribution in [2.45, 2.75) is 6.04 Å². The Morgan fingerprint density at radius 2 is 2.12 bits per heavy atom. The summed E-state index contributed by atoms with van der Waals surface area (Å²) >= 11 is 0. The average molecular weight is 217 g/mol. The minimum Gasteiger partial charge on any atom is -0.496 e. The fourth-order valence-electron chi connectivity index (χ4n) is 1.70. The molecule has 1 atom stereocenters. The second kappa shape index (κ2) is 4.37. The molecule has 2 aromatic rings. The Hall–Kier alpha value is -1.81. The van der Waals surface area contributed by atoms with E-state index < -0.39 is 0 Å². The summed E-state index contributed by atoms with van der Waals surface area (Å²) in [6.07, 6.45) is 3.69. The Balaban J connectivity index is 2.36. The van der Waals surface area contributed by atoms with Crippen LogP contribution in [0.4, 0.5) is 0 Å². The van der Waals surface area contributed by atoms with Crippen molar-refractivity contribution in [2.24, 2.45) is 12.8 Å². The highest BCUT2D eigenvalue weighted by Crippen LogP contribution is 2.27. The molecule has 2 N–H and O–H groups in total. The lowest BCUT2D eigenvalue weighted by Crippen LogP contribution is -2.12. The second-order valence-corrected chi connectivity index (χ2v) is 3.67. The molecule has 4 heteroatoms. The van der Waals surface area contributed by atoms with Crippen molar-refractivity contribution in [2.75, 3.05) is 7.11 Å². The highest BCUT2D eigenvalue weighted by Gasteiger charge is 2.14. The van der Waals surface area contributed by atoms with Gasteiger partial charge < -0.3 is 10.5 Å². The van der Waals surface area contributed by atoms with Crippen LogP contribution in [0.3, 0.4) is 0 Å². The van der Waals surface area contributed by atoms with Crippen LogP contribution in [0.5, 0.6) is 5.75 Å². The zero-order valence-electron chi connectivity index (χ0n) is 9.42. The number of rotatable bonds is 3. The highest BCUT2D eigenvalue weighted by molar-refractivity contribution is 5.40. The molecule has 1 unspecified atom stereocenters. The van der Waals surface area contributed by atoms with Crippen LogP contribution < -0.4 is 10.5 Å². The first kappa shape index (κ1) is 10.7. The molecular weight excluding hydrogens is 202 g/mol. The fraction of sp³-hybridized carbons (Fsp3) is 0.250. The molecule has 1 heterocycles. The van der Waals surface area contributed by atoms with E-state index in [-0.39, 0.29) is 6.04 Å². The van der Waals surface area contributed by atoms with Crippen molar-refractivity contribution in [3.05, 3.63) is 47.8 Å². The molecule has 4 nitrogen and oxygen atoms in total. The summed E-state index contributed by atoms with van der Waals surface area (Å²) in [5.41, 5.74) is 8.12. The van der Waals surface area contributed by atoms with E-state index in [2.05, 4.69) is 5.10 Å². The number of para-hydroxylation sites is 1. The zero-order valence-corrected chi connectivity index (χ0v) is 9.42. The molecule has 0 amide bonds. The summed E-state index contributed by atoms with van der Waals surface area (Å²) in [7, 11) is 3.52. The number of benzene rings is 1. The van der Waals surface area contributed by atoms with Crippen LogP contribution in [0.15, 0.2) is 36.7 Å². The number of methoxy groups -OCH3 is 1. The first-order chi connectivity index (χ1) is 7.72. The number of ether oxygens (including phenoxy) is 1. The largest absolute Gasteiger partial charge is 0.496 e. The maximum atomic E-state index is 6.17. The molecule has 0 saturated heterocycles. The third-order valence-corrected chi connectivity index (χ3v) is 2.56. The van der Waals surface area contributed by atoms with Crippen molar-refractivity contribution in [3.63, 3.8) is 0 Å². The van der Waals surface area contributed by atoms with Crippen LogP contribution in [-0.4, -0.2) is 16.9 Å². The molecule has 1 aromatic heterocycles. The van der Waals surface area contributed by atoms with E-state index in [1.54, 1.807) is 18.0 Å². The lowest BCUT2D eigenvalue weighted by atomic mass is 10.0. The number of aromatic nitrogens is 2. The number of nitrogens with zero attached hydrogens (tertiary/aromatic N) is 2. The van der Waals surface area contributed by atoms with Gasteiger partial charge in [0.1, 0.15) is 5.75 Å². The van der Waals surface area contributed by atoms with E-state index in [4.69, 9.17) is 10.5 Å². The first-order valence-electron chi connectivity index (χ1n) is 5.09. The van der Waals surface area contributed by atoms with Gasteiger partial charge in [-0.05, 0) is 6.07 Å². The van der Waals surface area contributed by atoms with E-state index in [9.17, 15) is 0 Å². The van der Waals surface area contributed by atoms with Crippen LogP contribution in [0.25, 0.3) is 0 Å². The summed E-state index contributed by atoms with van der Waals surface area (Å²) in [6.45, 7) is 0. The highest BCUT2D eigenvalue weighted by atomic mass is 16.5. The fourth-order valence-corrected chi connectivity index (χ4v) is 1.70. The number of aryl methyl sites for hydroxylation is 1. The van der Waals surface area contributed by atoms with Gasteiger partial charge in [0.05, 0.1) is 19.3 Å². The van der Waals surface area contributed by atoms with Crippen LogP contribution in [-0.2, 0) is 7.05 Å². The maximum Gasteiger partial charge on any atom is 0.123 e. The van der Waals surface area contributed by atoms with Crippen LogP contribution >= 0.6 is 0 Å². The topological polar surface area (TPSA) is 53.1 Å². The van der Waals surface area contributed by atoms with Crippen molar-refractivity contribution < 1.29 is 4.74 Å². The van der Waals surface area contributed by atoms with Crippen LogP contribution in [0.2, 0.25) is 0 Å². The van der Waals surface area contributed by atoms with Crippen LogP contribution in [0.1, 0.15) is 17.2 Å². The second-order valence-electron chi connectivity index (χ2n) is 3.67. The van der Waals surface area contributed by atoms with Gasteiger partial charge in [0.2, 0.25) is 0 Å². The Morgan fingerprint density at radius 3 is 2.75 bits per heavy atom. The SMILES string of the molecule is COc1ccccc1C(N)c1cnn(C)c1. The minimum atomic E-state index is -0.204. The van der Waals surface area contributed by atoms with Gasteiger partial charge in [0.25, 0.3) is 0 Å². The van der Waals surface area contributed by atoms with Gasteiger partial charge in [-0.25, -0.2) is 0 Å². The van der Waals surface area contributed by atoms with E-state index in [0.717, 1.165) is 16.9 Å². The van der Waals surface area contributed by atoms with Gasteiger partial charge in [0.15, 0.2) is 0 Å². The van der Waals surface area contributed by atoms with Gasteiger partial charge in [-0.3, -0.25) is 4.68 Å². The van der Waals surface area contributed by atoms with E-state index in [1.165, 1.54) is 0 Å². The van der Waals surface area contributed by atoms with Crippen molar-refractivity contribution in [1.82, 2.24) is 9.78 Å². The summed E-state index contributed by atoms with van der Waals surface area (Å²) in [5, 5.41) is 4.11. The molecular formula is C12H15N3O. The van der Waals surface area contributed by atoms with Gasteiger partial charge in [-0.2, -0.15) is 5.10 Å². The van der Waals surface area contributed by atoms with Gasteiger partial charge in [-0.15, -0.1) is 0 Å². The molecule has 1 aromatic carbocycles. The molecule has 0 radical (unpaired) electrons. The quantitative estimate of drug-likeness (QED) is 0.847. The Kier molecular flexibility index (Phi) is 2.92. The molecule has 0 aliphatic carbocycles. The maximum absolute atomic E-state index is 6.17. The summed E-state index contributed by atoms with van der Waals surface area (Å²) in [5.74, 6) is 0.804. The smallest absolute Gasteiger partial charge is 0.123 e. The van der Waals surface area contributed by atoms with E-state index in [1.807, 2.05) is 37.5 Å². The summed E-state index contributed by atoms with van der Waals surface area (Å²) in [4.78, 5) is 0. The predicted molar refractivity (Wildman–Crippen MR) is 62.2 cm³/mol. The number of hydrogen-bond acceptors (Lipinski definition) is 3. The van der Waals surface area contributed by atoms with Crippen LogP contribution in [0, 0.1) is 0 Å². The normalized spacial score (nSPS) is 12.4. The summed E-state index contributed by atoms with van der Waals surface area (Å²) < 4.78 is 7.03. The van der Waals surface area contributed by atoms with Crippen molar-refractivity contribution in [1.29, 1.82) is 0 Å². The molecule has 0 spiro atoms. The molecule has 0 fully saturated rings. The molecule has 16 heavy (non-hydrogen) atoms. The molecule has 0 saturated carbocycles. The van der Waals surface area contributed by atoms with Crippen molar-refractivity contribution in [3.8, 4) is 5.75 Å². The van der Waals surface area contributed by atoms with Gasteiger partial charge >= 0.3 is 0 Å². The van der Waals surface area contributed by atoms with Crippen molar-refractivity contribution >= 4 is 0 Å². The summed E-state index contributed by atoms with van der Waals surface area (Å²) in [6, 6.07) is 7.55. The molecule has 2 rings (SSSR count). The molecule has 0 aliphatic heterocycles.